The average molecular weight is 2090 g/mol. The second-order valence-corrected chi connectivity index (χ2v) is 24.1. The summed E-state index contributed by atoms with van der Waals surface area (Å²) in [5, 5.41) is 16.4. The van der Waals surface area contributed by atoms with E-state index in [9.17, 15) is 13.2 Å². The Balaban J connectivity index is 0.000000217. The molecule has 22 heteroatoms. The minimum absolute atomic E-state index is 0. The zero-order valence-electron chi connectivity index (χ0n) is 58.4. The van der Waals surface area contributed by atoms with Crippen LogP contribution in [0.3, 0.4) is 0 Å². The number of nitrogens with zero attached hydrogens (tertiary/aromatic N) is 15. The van der Waals surface area contributed by atoms with Crippen molar-refractivity contribution >= 4 is 22.7 Å². The van der Waals surface area contributed by atoms with Crippen LogP contribution < -0.4 is 0 Å². The van der Waals surface area contributed by atoms with Crippen molar-refractivity contribution in [3.8, 4) is 79.4 Å². The van der Waals surface area contributed by atoms with Crippen molar-refractivity contribution in [3.05, 3.63) is 315 Å². The fourth-order valence-electron chi connectivity index (χ4n) is 11.6. The van der Waals surface area contributed by atoms with Gasteiger partial charge in [0.15, 0.2) is 22.7 Å². The quantitative estimate of drug-likeness (QED) is 0.111. The van der Waals surface area contributed by atoms with Gasteiger partial charge in [-0.05, 0) is 134 Å². The van der Waals surface area contributed by atoms with Crippen LogP contribution in [0.25, 0.3) is 98.8 Å². The minimum Gasteiger partial charge on any atom is -0.340 e. The number of hydrogen-bond donors (Lipinski definition) is 0. The summed E-state index contributed by atoms with van der Waals surface area (Å²) in [5.41, 5.74) is 17.8. The van der Waals surface area contributed by atoms with Gasteiger partial charge in [-0.1, -0.05) is 83.1 Å². The summed E-state index contributed by atoms with van der Waals surface area (Å²) in [6.07, 6.45) is -0.0981. The third-order valence-electron chi connectivity index (χ3n) is 16.2. The van der Waals surface area contributed by atoms with Crippen LogP contribution in [0, 0.1) is 92.1 Å². The number of imidazole rings is 1. The van der Waals surface area contributed by atoms with Crippen molar-refractivity contribution in [1.29, 1.82) is 0 Å². The molecule has 0 aliphatic rings. The van der Waals surface area contributed by atoms with Gasteiger partial charge >= 0.3 is 6.18 Å². The van der Waals surface area contributed by atoms with E-state index < -0.39 is 12.0 Å². The Labute approximate surface area is 659 Å². The first-order valence-electron chi connectivity index (χ1n) is 32.1. The fraction of sp³-hybridized carbons (Fsp3) is 0.183. The van der Waals surface area contributed by atoms with Gasteiger partial charge in [0.05, 0.1) is 55.3 Å². The Bertz CT molecular complexity index is 5180. The minimum atomic E-state index is -4.69. The number of hydrogen-bond acceptors (Lipinski definition) is 7. The summed E-state index contributed by atoms with van der Waals surface area (Å²) in [7, 11) is 0. The summed E-state index contributed by atoms with van der Waals surface area (Å²) in [4.78, 5) is 27.7. The van der Waals surface area contributed by atoms with Gasteiger partial charge in [0, 0.05) is 116 Å². The topological polar surface area (TPSA) is 127 Å². The van der Waals surface area contributed by atoms with Crippen molar-refractivity contribution in [2.24, 2.45) is 0 Å². The Morgan fingerprint density at radius 2 is 0.962 bits per heavy atom. The summed E-state index contributed by atoms with van der Waals surface area (Å²) in [6, 6.07) is 67.5. The maximum atomic E-state index is 13.9. The van der Waals surface area contributed by atoms with Crippen LogP contribution >= 0.6 is 0 Å². The third kappa shape index (κ3) is 19.0. The van der Waals surface area contributed by atoms with Gasteiger partial charge in [0.2, 0.25) is 5.82 Å². The van der Waals surface area contributed by atoms with Gasteiger partial charge in [-0.15, -0.1) is 149 Å². The van der Waals surface area contributed by atoms with Crippen molar-refractivity contribution in [2.45, 2.75) is 101 Å². The first-order chi connectivity index (χ1) is 48.1. The maximum absolute atomic E-state index is 13.9. The number of alkyl halides is 3. The molecule has 0 saturated heterocycles. The van der Waals surface area contributed by atoms with E-state index in [0.29, 0.717) is 45.3 Å². The molecule has 0 unspecified atom stereocenters. The van der Waals surface area contributed by atoms with E-state index in [4.69, 9.17) is 26.3 Å². The number of aryl methyl sites for hydroxylation is 7. The molecule has 9 aromatic carbocycles. The maximum Gasteiger partial charge on any atom is 0.451 e. The van der Waals surface area contributed by atoms with Crippen LogP contribution in [-0.2, 0) is 93.0 Å². The summed E-state index contributed by atoms with van der Waals surface area (Å²) in [5.74, 6) is 2.62. The molecule has 0 bridgehead atoms. The van der Waals surface area contributed by atoms with E-state index in [1.54, 1.807) is 53.2 Å². The number of rotatable bonds is 12. The second-order valence-electron chi connectivity index (χ2n) is 24.1. The number of halogens is 3. The molecule has 0 atom stereocenters. The first-order valence-corrected chi connectivity index (χ1v) is 32.1. The summed E-state index contributed by atoms with van der Waals surface area (Å²) < 4.78 is 48.5. The van der Waals surface area contributed by atoms with E-state index in [2.05, 4.69) is 122 Å². The summed E-state index contributed by atoms with van der Waals surface area (Å²) in [6.45, 7) is 50.7. The standard InChI is InChI=1S/C26H22N3.C22H20F3N4.2C17H13N4.4Ir/c1-17-13-22(14-18(2)24(17)27-5)23-15-19(3)25(20(4)16-23)29-12-11-28-26(29)21-9-7-6-8-10-21;1-13(2)17-11-16(26-5)12-18(14(3)4)19(17)29-20(15-9-7-6-8-10-15)27-28-21(29)22(23,24)25;1-12-11-15(18-3)9-10-16(12)21-17(19-13(2)20-21)14-7-5-4-6-8-14;1-3-16-19-17(13-8-5-4-6-9-13)21(20-16)15-11-7-10-14(12-15)18-2;;;;/h6-9,11-16H,1-4H3;6-9,11-14H,1-4H3;4-7,9-11H,1-2H3;4-8,10-12H,3H2,1H3;;;;/q4*-1;;;;. The van der Waals surface area contributed by atoms with E-state index in [0.717, 1.165) is 96.0 Å². The van der Waals surface area contributed by atoms with Crippen LogP contribution in [0.5, 0.6) is 0 Å². The predicted molar refractivity (Wildman–Crippen MR) is 386 cm³/mol. The zero-order chi connectivity index (χ0) is 71.4. The molecule has 0 spiro atoms. The molecule has 13 rings (SSSR count). The predicted octanol–water partition coefficient (Wildman–Crippen LogP) is 21.1. The van der Waals surface area contributed by atoms with Gasteiger partial charge in [-0.3, -0.25) is 24.3 Å². The Kier molecular flexibility index (Phi) is 29.8. The molecule has 0 aliphatic heterocycles. The number of aromatic nitrogens is 11. The van der Waals surface area contributed by atoms with Crippen molar-refractivity contribution in [2.75, 3.05) is 0 Å². The Hall–Kier alpha value is -10.0. The molecule has 104 heavy (non-hydrogen) atoms. The van der Waals surface area contributed by atoms with Gasteiger partial charge < -0.3 is 9.13 Å². The van der Waals surface area contributed by atoms with Gasteiger partial charge in [0.1, 0.15) is 11.6 Å². The molecule has 4 aromatic heterocycles. The van der Waals surface area contributed by atoms with Crippen molar-refractivity contribution in [3.63, 3.8) is 0 Å². The normalized spacial score (nSPS) is 10.5. The average Bonchev–Trinajstić information content (AvgIpc) is 1.52. The molecule has 15 nitrogen and oxygen atoms in total. The smallest absolute Gasteiger partial charge is 0.340 e. The van der Waals surface area contributed by atoms with Crippen LogP contribution in [0.4, 0.5) is 35.9 Å². The van der Waals surface area contributed by atoms with E-state index in [1.807, 2.05) is 183 Å². The molecule has 532 valence electrons. The Morgan fingerprint density at radius 1 is 0.471 bits per heavy atom. The largest absolute Gasteiger partial charge is 0.451 e. The fourth-order valence-corrected chi connectivity index (χ4v) is 11.6. The molecule has 13 aromatic rings. The second kappa shape index (κ2) is 37.4. The van der Waals surface area contributed by atoms with Crippen LogP contribution in [0.1, 0.15) is 103 Å². The molecular formula is C82H68F3Ir4N15-4. The monoisotopic (exact) mass is 2090 g/mol. The van der Waals surface area contributed by atoms with Crippen LogP contribution in [-0.4, -0.2) is 53.8 Å². The zero-order valence-corrected chi connectivity index (χ0v) is 68.0. The molecule has 0 aliphatic carbocycles. The SMILES string of the molecule is [C-]#[N+]c1c(C)cc(-c2cc(C)c(-n3ccnc3-c3[c-]cccc3)c(C)c2)cc1C.[C-]#[N+]c1cc(C(C)C)c(-n2c(-c3[c-]cccc3)nnc2C(F)(F)F)c(C(C)C)c1.[C-]#[N+]c1ccc(-n2nc(C)nc2-c2[c-]cccc2)c(C)c1.[C-]#[N+]c1cccc(-n2nc(CC)nc2-c2[c-]cccc2)c1.[Ir].[Ir].[Ir].[Ir]. The molecule has 0 fully saturated rings. The van der Waals surface area contributed by atoms with Crippen LogP contribution in [0.15, 0.2) is 188 Å². The molecule has 0 saturated carbocycles. The van der Waals surface area contributed by atoms with Gasteiger partial charge in [-0.25, -0.2) is 19.4 Å². The van der Waals surface area contributed by atoms with E-state index >= 15 is 0 Å². The first kappa shape index (κ1) is 82.9. The third-order valence-corrected chi connectivity index (χ3v) is 16.2. The molecular weight excluding hydrogens is 2020 g/mol. The van der Waals surface area contributed by atoms with E-state index in [-0.39, 0.29) is 98.1 Å². The van der Waals surface area contributed by atoms with Gasteiger partial charge in [-0.2, -0.15) is 28.5 Å². The molecule has 4 radical (unpaired) electrons. The van der Waals surface area contributed by atoms with Crippen molar-refractivity contribution < 1.29 is 93.6 Å². The van der Waals surface area contributed by atoms with E-state index in [1.165, 1.54) is 16.7 Å². The molecule has 4 heterocycles. The Morgan fingerprint density at radius 3 is 1.42 bits per heavy atom. The molecule has 0 amide bonds. The molecule has 0 N–H and O–H groups in total. The van der Waals surface area contributed by atoms with Crippen LogP contribution in [0.2, 0.25) is 0 Å². The van der Waals surface area contributed by atoms with Gasteiger partial charge in [0.25, 0.3) is 0 Å². The summed E-state index contributed by atoms with van der Waals surface area (Å²) >= 11 is 0. The number of benzene rings is 9. The van der Waals surface area contributed by atoms with Crippen molar-refractivity contribution in [1.82, 2.24) is 53.8 Å².